The van der Waals surface area contributed by atoms with Crippen molar-refractivity contribution in [3.05, 3.63) is 11.6 Å². The van der Waals surface area contributed by atoms with Crippen molar-refractivity contribution in [3.63, 3.8) is 0 Å². The summed E-state index contributed by atoms with van der Waals surface area (Å²) in [5.74, 6) is 2.43. The van der Waals surface area contributed by atoms with Crippen molar-refractivity contribution in [1.82, 2.24) is 15.5 Å². The number of amides is 1. The van der Waals surface area contributed by atoms with E-state index in [2.05, 4.69) is 21.6 Å². The number of carbonyl (C=O) groups is 2. The minimum Gasteiger partial charge on any atom is -0.352 e. The van der Waals surface area contributed by atoms with Crippen molar-refractivity contribution < 1.29 is 9.59 Å². The van der Waals surface area contributed by atoms with E-state index in [-0.39, 0.29) is 5.91 Å². The number of likely N-dealkylation sites (tertiary alicyclic amines) is 1. The van der Waals surface area contributed by atoms with Gasteiger partial charge >= 0.3 is 0 Å². The minimum absolute atomic E-state index is 0.257. The second-order valence-electron chi connectivity index (χ2n) is 9.15. The Labute approximate surface area is 163 Å². The third kappa shape index (κ3) is 5.00. The van der Waals surface area contributed by atoms with Crippen LogP contribution in [0.3, 0.4) is 0 Å². The van der Waals surface area contributed by atoms with Gasteiger partial charge in [0.25, 0.3) is 0 Å². The molecule has 1 saturated carbocycles. The first kappa shape index (κ1) is 19.1. The molecule has 2 heterocycles. The van der Waals surface area contributed by atoms with Crippen molar-refractivity contribution in [3.8, 4) is 0 Å². The number of allylic oxidation sites excluding steroid dienone is 1. The molecule has 1 amide bonds. The Morgan fingerprint density at radius 2 is 2.04 bits per heavy atom. The molecule has 27 heavy (non-hydrogen) atoms. The molecule has 2 aliphatic carbocycles. The third-order valence-electron chi connectivity index (χ3n) is 7.11. The lowest BCUT2D eigenvalue weighted by Gasteiger charge is -2.32. The monoisotopic (exact) mass is 373 g/mol. The Morgan fingerprint density at radius 1 is 1.19 bits per heavy atom. The molecule has 3 fully saturated rings. The van der Waals surface area contributed by atoms with Gasteiger partial charge in [0.2, 0.25) is 5.91 Å². The van der Waals surface area contributed by atoms with Gasteiger partial charge in [0.15, 0.2) is 0 Å². The lowest BCUT2D eigenvalue weighted by Crippen LogP contribution is -2.46. The highest BCUT2D eigenvalue weighted by molar-refractivity contribution is 5.79. The maximum Gasteiger partial charge on any atom is 0.220 e. The number of piperidine rings is 2. The van der Waals surface area contributed by atoms with Crippen LogP contribution < -0.4 is 10.6 Å². The third-order valence-corrected chi connectivity index (χ3v) is 7.11. The summed E-state index contributed by atoms with van der Waals surface area (Å²) in [6.07, 6.45) is 11.8. The summed E-state index contributed by atoms with van der Waals surface area (Å²) in [6, 6.07) is 0.322. The van der Waals surface area contributed by atoms with E-state index in [1.807, 2.05) is 0 Å². The Morgan fingerprint density at radius 3 is 2.81 bits per heavy atom. The molecule has 0 aromatic rings. The van der Waals surface area contributed by atoms with Crippen LogP contribution in [0.25, 0.3) is 0 Å². The average molecular weight is 374 g/mol. The van der Waals surface area contributed by atoms with Crippen molar-refractivity contribution in [2.24, 2.45) is 17.8 Å². The number of Topliss-reactive ketones (excluding diaryl/α,β-unsaturated/α-hetero) is 1. The molecule has 4 rings (SSSR count). The molecule has 2 aliphatic heterocycles. The zero-order valence-corrected chi connectivity index (χ0v) is 16.5. The van der Waals surface area contributed by atoms with E-state index in [0.29, 0.717) is 36.0 Å². The van der Waals surface area contributed by atoms with Gasteiger partial charge in [-0.05, 0) is 62.8 Å². The van der Waals surface area contributed by atoms with E-state index in [1.165, 1.54) is 25.7 Å². The fourth-order valence-electron chi connectivity index (χ4n) is 5.69. The first-order chi connectivity index (χ1) is 13.2. The van der Waals surface area contributed by atoms with Gasteiger partial charge in [0, 0.05) is 51.5 Å². The van der Waals surface area contributed by atoms with Gasteiger partial charge < -0.3 is 15.5 Å². The highest BCUT2D eigenvalue weighted by Gasteiger charge is 2.37. The first-order valence-electron chi connectivity index (χ1n) is 11.1. The van der Waals surface area contributed by atoms with Gasteiger partial charge in [-0.2, -0.15) is 0 Å². The zero-order chi connectivity index (χ0) is 18.6. The normalized spacial score (nSPS) is 34.8. The van der Waals surface area contributed by atoms with Crippen LogP contribution in [0.1, 0.15) is 57.8 Å². The molecular weight excluding hydrogens is 338 g/mol. The SMILES string of the molecule is O=C1CCN(CC2C=C3CCCC(CC(=O)NC4CCCNC4)C3C2)CC1. The summed E-state index contributed by atoms with van der Waals surface area (Å²) < 4.78 is 0. The van der Waals surface area contributed by atoms with Crippen molar-refractivity contribution in [2.45, 2.75) is 63.8 Å². The molecule has 0 aromatic carbocycles. The lowest BCUT2D eigenvalue weighted by atomic mass is 9.75. The summed E-state index contributed by atoms with van der Waals surface area (Å²) in [6.45, 7) is 4.97. The Balaban J connectivity index is 1.27. The lowest BCUT2D eigenvalue weighted by molar-refractivity contribution is -0.123. The van der Waals surface area contributed by atoms with Gasteiger partial charge in [-0.15, -0.1) is 0 Å². The Kier molecular flexibility index (Phi) is 6.28. The molecule has 2 saturated heterocycles. The number of ketones is 1. The van der Waals surface area contributed by atoms with E-state index < -0.39 is 0 Å². The molecule has 5 heteroatoms. The summed E-state index contributed by atoms with van der Waals surface area (Å²) in [4.78, 5) is 26.5. The van der Waals surface area contributed by atoms with Gasteiger partial charge in [-0.25, -0.2) is 0 Å². The van der Waals surface area contributed by atoms with E-state index in [9.17, 15) is 9.59 Å². The average Bonchev–Trinajstić information content (AvgIpc) is 3.08. The van der Waals surface area contributed by atoms with Crippen LogP contribution in [0.5, 0.6) is 0 Å². The highest BCUT2D eigenvalue weighted by atomic mass is 16.1. The number of fused-ring (bicyclic) bond motifs is 1. The van der Waals surface area contributed by atoms with E-state index in [1.54, 1.807) is 5.57 Å². The zero-order valence-electron chi connectivity index (χ0n) is 16.5. The molecule has 0 aromatic heterocycles. The minimum atomic E-state index is 0.257. The number of rotatable bonds is 5. The highest BCUT2D eigenvalue weighted by Crippen LogP contribution is 2.45. The van der Waals surface area contributed by atoms with Crippen LogP contribution in [0.4, 0.5) is 0 Å². The van der Waals surface area contributed by atoms with E-state index in [0.717, 1.165) is 58.4 Å². The molecule has 150 valence electrons. The van der Waals surface area contributed by atoms with Crippen molar-refractivity contribution in [2.75, 3.05) is 32.7 Å². The maximum absolute atomic E-state index is 12.6. The van der Waals surface area contributed by atoms with Gasteiger partial charge in [-0.3, -0.25) is 9.59 Å². The molecule has 2 N–H and O–H groups in total. The number of hydrogen-bond acceptors (Lipinski definition) is 4. The number of hydrogen-bond donors (Lipinski definition) is 2. The van der Waals surface area contributed by atoms with Gasteiger partial charge in [0.1, 0.15) is 5.78 Å². The second kappa shape index (κ2) is 8.87. The maximum atomic E-state index is 12.6. The number of nitrogens with one attached hydrogen (secondary N) is 2. The molecule has 0 bridgehead atoms. The molecule has 4 atom stereocenters. The first-order valence-corrected chi connectivity index (χ1v) is 11.1. The predicted octanol–water partition coefficient (Wildman–Crippen LogP) is 2.27. The molecule has 4 aliphatic rings. The number of nitrogens with zero attached hydrogens (tertiary/aromatic N) is 1. The molecule has 0 spiro atoms. The Hall–Kier alpha value is -1.20. The summed E-state index contributed by atoms with van der Waals surface area (Å²) in [5.41, 5.74) is 1.62. The molecule has 5 nitrogen and oxygen atoms in total. The fourth-order valence-corrected chi connectivity index (χ4v) is 5.69. The van der Waals surface area contributed by atoms with Crippen LogP contribution in [0.2, 0.25) is 0 Å². The molecular formula is C22H35N3O2. The van der Waals surface area contributed by atoms with Crippen LogP contribution in [-0.4, -0.2) is 55.4 Å². The van der Waals surface area contributed by atoms with Crippen LogP contribution >= 0.6 is 0 Å². The largest absolute Gasteiger partial charge is 0.352 e. The summed E-state index contributed by atoms with van der Waals surface area (Å²) in [7, 11) is 0. The smallest absolute Gasteiger partial charge is 0.220 e. The molecule has 0 radical (unpaired) electrons. The Bertz CT molecular complexity index is 572. The van der Waals surface area contributed by atoms with Crippen LogP contribution in [0, 0.1) is 17.8 Å². The van der Waals surface area contributed by atoms with Crippen LogP contribution in [-0.2, 0) is 9.59 Å². The van der Waals surface area contributed by atoms with Crippen LogP contribution in [0.15, 0.2) is 11.6 Å². The quantitative estimate of drug-likeness (QED) is 0.726. The van der Waals surface area contributed by atoms with Crippen molar-refractivity contribution >= 4 is 11.7 Å². The predicted molar refractivity (Wildman–Crippen MR) is 106 cm³/mol. The van der Waals surface area contributed by atoms with E-state index in [4.69, 9.17) is 0 Å². The topological polar surface area (TPSA) is 61.4 Å². The van der Waals surface area contributed by atoms with Crippen molar-refractivity contribution in [1.29, 1.82) is 0 Å². The standard InChI is InChI=1S/C22H35N3O2/c26-20-6-9-25(10-7-20)15-16-11-17-3-1-4-18(21(17)12-16)13-22(27)24-19-5-2-8-23-14-19/h11,16,18-19,21,23H,1-10,12-15H2,(H,24,27). The van der Waals surface area contributed by atoms with Gasteiger partial charge in [0.05, 0.1) is 0 Å². The van der Waals surface area contributed by atoms with E-state index >= 15 is 0 Å². The molecule has 4 unspecified atom stereocenters. The fraction of sp³-hybridized carbons (Fsp3) is 0.818. The van der Waals surface area contributed by atoms with Gasteiger partial charge in [-0.1, -0.05) is 11.6 Å². The summed E-state index contributed by atoms with van der Waals surface area (Å²) in [5, 5.41) is 6.64. The second-order valence-corrected chi connectivity index (χ2v) is 9.15. The number of carbonyl (C=O) groups excluding carboxylic acids is 2. The summed E-state index contributed by atoms with van der Waals surface area (Å²) >= 11 is 0.